The maximum absolute atomic E-state index is 11.2. The predicted octanol–water partition coefficient (Wildman–Crippen LogP) is 0.932. The Labute approximate surface area is 79.9 Å². The van der Waals surface area contributed by atoms with Gasteiger partial charge < -0.3 is 10.5 Å². The van der Waals surface area contributed by atoms with Crippen molar-refractivity contribution in [1.29, 1.82) is 0 Å². The average molecular weight is 191 g/mol. The molecule has 0 aliphatic rings. The van der Waals surface area contributed by atoms with Crippen LogP contribution in [-0.4, -0.2) is 23.3 Å². The summed E-state index contributed by atoms with van der Waals surface area (Å²) < 4.78 is 4.59. The summed E-state index contributed by atoms with van der Waals surface area (Å²) in [6, 6.07) is 3.24. The van der Waals surface area contributed by atoms with E-state index < -0.39 is 5.97 Å². The van der Waals surface area contributed by atoms with Gasteiger partial charge in [-0.15, -0.1) is 0 Å². The minimum Gasteiger partial charge on any atom is -0.465 e. The number of H-pyrrole nitrogens is 1. The first-order chi connectivity index (χ1) is 6.72. The number of ether oxygens (including phenoxy) is 1. The molecule has 72 valence electrons. The summed E-state index contributed by atoms with van der Waals surface area (Å²) in [4.78, 5) is 11.2. The number of methoxy groups -OCH3 is 1. The summed E-state index contributed by atoms with van der Waals surface area (Å²) in [5.41, 5.74) is 7.36. The molecule has 0 spiro atoms. The number of esters is 1. The van der Waals surface area contributed by atoms with Crippen molar-refractivity contribution in [3.05, 3.63) is 23.9 Å². The first kappa shape index (κ1) is 8.55. The second-order valence-electron chi connectivity index (χ2n) is 2.89. The molecule has 0 amide bonds. The van der Waals surface area contributed by atoms with Crippen LogP contribution in [0.3, 0.4) is 0 Å². The van der Waals surface area contributed by atoms with Gasteiger partial charge >= 0.3 is 5.97 Å². The molecule has 2 rings (SSSR count). The molecular formula is C9H9N3O2. The van der Waals surface area contributed by atoms with Gasteiger partial charge in [0.1, 0.15) is 0 Å². The SMILES string of the molecule is COC(=O)c1cc(N)c2[nH]ncc2c1. The molecule has 0 fully saturated rings. The van der Waals surface area contributed by atoms with Gasteiger partial charge in [-0.1, -0.05) is 0 Å². The van der Waals surface area contributed by atoms with Gasteiger partial charge in [-0.2, -0.15) is 5.10 Å². The van der Waals surface area contributed by atoms with Gasteiger partial charge in [-0.25, -0.2) is 4.79 Å². The van der Waals surface area contributed by atoms with Crippen molar-refractivity contribution in [2.45, 2.75) is 0 Å². The van der Waals surface area contributed by atoms with E-state index in [0.717, 1.165) is 10.9 Å². The fourth-order valence-electron chi connectivity index (χ4n) is 1.32. The molecule has 0 aliphatic carbocycles. The number of nitrogen functional groups attached to an aromatic ring is 1. The van der Waals surface area contributed by atoms with Crippen molar-refractivity contribution >= 4 is 22.6 Å². The highest BCUT2D eigenvalue weighted by Gasteiger charge is 2.09. The van der Waals surface area contributed by atoms with E-state index in [9.17, 15) is 4.79 Å². The monoisotopic (exact) mass is 191 g/mol. The first-order valence-corrected chi connectivity index (χ1v) is 4.03. The van der Waals surface area contributed by atoms with Crippen LogP contribution >= 0.6 is 0 Å². The molecule has 0 bridgehead atoms. The van der Waals surface area contributed by atoms with Crippen LogP contribution in [0.15, 0.2) is 18.3 Å². The van der Waals surface area contributed by atoms with Gasteiger partial charge in [0.2, 0.25) is 0 Å². The Morgan fingerprint density at radius 2 is 2.36 bits per heavy atom. The Bertz CT molecular complexity index is 490. The molecular weight excluding hydrogens is 182 g/mol. The van der Waals surface area contributed by atoms with Gasteiger partial charge in [-0.05, 0) is 12.1 Å². The molecule has 0 saturated heterocycles. The van der Waals surface area contributed by atoms with Crippen molar-refractivity contribution in [2.24, 2.45) is 0 Å². The third-order valence-electron chi connectivity index (χ3n) is 2.00. The van der Waals surface area contributed by atoms with Crippen LogP contribution in [0.1, 0.15) is 10.4 Å². The summed E-state index contributed by atoms with van der Waals surface area (Å²) in [5, 5.41) is 7.37. The van der Waals surface area contributed by atoms with Crippen LogP contribution < -0.4 is 5.73 Å². The van der Waals surface area contributed by atoms with Crippen molar-refractivity contribution in [2.75, 3.05) is 12.8 Å². The standard InChI is InChI=1S/C9H9N3O2/c1-14-9(13)5-2-6-4-11-12-8(6)7(10)3-5/h2-4H,10H2,1H3,(H,11,12). The first-order valence-electron chi connectivity index (χ1n) is 4.03. The van der Waals surface area contributed by atoms with Crippen LogP contribution in [0.5, 0.6) is 0 Å². The number of hydrogen-bond donors (Lipinski definition) is 2. The molecule has 1 aromatic carbocycles. The molecule has 0 atom stereocenters. The minimum absolute atomic E-state index is 0.403. The number of nitrogens with zero attached hydrogens (tertiary/aromatic N) is 1. The molecule has 1 aromatic heterocycles. The fourth-order valence-corrected chi connectivity index (χ4v) is 1.32. The van der Waals surface area contributed by atoms with Gasteiger partial charge in [0.25, 0.3) is 0 Å². The molecule has 14 heavy (non-hydrogen) atoms. The van der Waals surface area contributed by atoms with Crippen LogP contribution in [0.25, 0.3) is 10.9 Å². The van der Waals surface area contributed by atoms with Crippen molar-refractivity contribution < 1.29 is 9.53 Å². The smallest absolute Gasteiger partial charge is 0.337 e. The number of carbonyl (C=O) groups is 1. The molecule has 1 heterocycles. The molecule has 0 radical (unpaired) electrons. The van der Waals surface area contributed by atoms with Crippen LogP contribution in [0.2, 0.25) is 0 Å². The van der Waals surface area contributed by atoms with Crippen LogP contribution in [0.4, 0.5) is 5.69 Å². The highest BCUT2D eigenvalue weighted by Crippen LogP contribution is 2.20. The molecule has 0 unspecified atom stereocenters. The number of fused-ring (bicyclic) bond motifs is 1. The van der Waals surface area contributed by atoms with E-state index in [0.29, 0.717) is 11.3 Å². The zero-order valence-corrected chi connectivity index (χ0v) is 7.57. The summed E-state index contributed by atoms with van der Waals surface area (Å²) in [6.45, 7) is 0. The molecule has 2 aromatic rings. The van der Waals surface area contributed by atoms with Crippen LogP contribution in [0, 0.1) is 0 Å². The minimum atomic E-state index is -0.403. The number of benzene rings is 1. The Morgan fingerprint density at radius 1 is 1.57 bits per heavy atom. The maximum Gasteiger partial charge on any atom is 0.337 e. The highest BCUT2D eigenvalue weighted by atomic mass is 16.5. The number of anilines is 1. The third-order valence-corrected chi connectivity index (χ3v) is 2.00. The van der Waals surface area contributed by atoms with Crippen molar-refractivity contribution in [3.8, 4) is 0 Å². The van der Waals surface area contributed by atoms with Crippen molar-refractivity contribution in [1.82, 2.24) is 10.2 Å². The maximum atomic E-state index is 11.2. The highest BCUT2D eigenvalue weighted by molar-refractivity contribution is 5.99. The largest absolute Gasteiger partial charge is 0.465 e. The van der Waals surface area contributed by atoms with Gasteiger partial charge in [-0.3, -0.25) is 5.10 Å². The summed E-state index contributed by atoms with van der Waals surface area (Å²) in [5.74, 6) is -0.403. The molecule has 3 N–H and O–H groups in total. The second-order valence-corrected chi connectivity index (χ2v) is 2.89. The normalized spacial score (nSPS) is 10.4. The third kappa shape index (κ3) is 1.19. The van der Waals surface area contributed by atoms with E-state index in [4.69, 9.17) is 5.73 Å². The summed E-state index contributed by atoms with van der Waals surface area (Å²) in [7, 11) is 1.33. The summed E-state index contributed by atoms with van der Waals surface area (Å²) in [6.07, 6.45) is 1.61. The van der Waals surface area contributed by atoms with E-state index in [-0.39, 0.29) is 0 Å². The Hall–Kier alpha value is -2.04. The Balaban J connectivity index is 2.64. The molecule has 0 aliphatic heterocycles. The Morgan fingerprint density at radius 3 is 3.07 bits per heavy atom. The average Bonchev–Trinajstić information content (AvgIpc) is 2.64. The molecule has 5 nitrogen and oxygen atoms in total. The zero-order chi connectivity index (χ0) is 10.1. The van der Waals surface area contributed by atoms with E-state index >= 15 is 0 Å². The molecule has 5 heteroatoms. The van der Waals surface area contributed by atoms with Gasteiger partial charge in [0.05, 0.1) is 30.1 Å². The number of carbonyl (C=O) groups excluding carboxylic acids is 1. The lowest BCUT2D eigenvalue weighted by molar-refractivity contribution is 0.0601. The lowest BCUT2D eigenvalue weighted by Crippen LogP contribution is -2.02. The molecule has 0 saturated carbocycles. The van der Waals surface area contributed by atoms with E-state index in [1.165, 1.54) is 7.11 Å². The van der Waals surface area contributed by atoms with Gasteiger partial charge in [0, 0.05) is 5.39 Å². The quantitative estimate of drug-likeness (QED) is 0.519. The fraction of sp³-hybridized carbons (Fsp3) is 0.111. The number of aromatic amines is 1. The lowest BCUT2D eigenvalue weighted by atomic mass is 10.1. The Kier molecular flexibility index (Phi) is 1.85. The predicted molar refractivity (Wildman–Crippen MR) is 51.8 cm³/mol. The number of rotatable bonds is 1. The lowest BCUT2D eigenvalue weighted by Gasteiger charge is -2.01. The number of hydrogen-bond acceptors (Lipinski definition) is 4. The number of nitrogens with one attached hydrogen (secondary N) is 1. The van der Waals surface area contributed by atoms with Crippen molar-refractivity contribution in [3.63, 3.8) is 0 Å². The van der Waals surface area contributed by atoms with E-state index in [1.807, 2.05) is 0 Å². The zero-order valence-electron chi connectivity index (χ0n) is 7.57. The van der Waals surface area contributed by atoms with E-state index in [2.05, 4.69) is 14.9 Å². The second kappa shape index (κ2) is 3.02. The topological polar surface area (TPSA) is 81.0 Å². The number of aromatic nitrogens is 2. The van der Waals surface area contributed by atoms with Crippen LogP contribution in [-0.2, 0) is 4.74 Å². The van der Waals surface area contributed by atoms with E-state index in [1.54, 1.807) is 18.3 Å². The van der Waals surface area contributed by atoms with Gasteiger partial charge in [0.15, 0.2) is 0 Å². The number of nitrogens with two attached hydrogens (primary N) is 1. The summed E-state index contributed by atoms with van der Waals surface area (Å²) >= 11 is 0.